The summed E-state index contributed by atoms with van der Waals surface area (Å²) in [6, 6.07) is 14.8. The number of aromatic hydroxyl groups is 1. The molecule has 1 aliphatic rings. The molecule has 1 unspecified atom stereocenters. The molecule has 0 amide bonds. The average molecular weight is 303 g/mol. The Morgan fingerprint density at radius 2 is 2.09 bits per heavy atom. The first-order valence-corrected chi connectivity index (χ1v) is 7.15. The highest BCUT2D eigenvalue weighted by molar-refractivity contribution is 5.88. The molecule has 0 bridgehead atoms. The van der Waals surface area contributed by atoms with Crippen LogP contribution in [0, 0.1) is 11.3 Å². The molecule has 3 aromatic rings. The molecule has 2 heterocycles. The number of aromatic amines is 1. The third kappa shape index (κ3) is 1.93. The Morgan fingerprint density at radius 1 is 1.22 bits per heavy atom. The van der Waals surface area contributed by atoms with Crippen molar-refractivity contribution in [2.75, 3.05) is 0 Å². The van der Waals surface area contributed by atoms with Crippen LogP contribution in [-0.2, 0) is 0 Å². The van der Waals surface area contributed by atoms with Crippen molar-refractivity contribution in [1.82, 2.24) is 4.98 Å². The van der Waals surface area contributed by atoms with Gasteiger partial charge in [0.2, 0.25) is 5.88 Å². The molecule has 112 valence electrons. The standard InChI is InChI=1S/C18H13N3O2/c19-9-14-16(10-2-1-3-11(22)8-10)13-4-5-15-12(6-7-21-15)17(13)23-18(14)20/h1-8,16,21-22H,20H2. The Hall–Kier alpha value is -3.39. The maximum atomic E-state index is 9.79. The second kappa shape index (κ2) is 4.82. The lowest BCUT2D eigenvalue weighted by atomic mass is 9.83. The van der Waals surface area contributed by atoms with Crippen molar-refractivity contribution in [1.29, 1.82) is 5.26 Å². The van der Waals surface area contributed by atoms with Crippen LogP contribution >= 0.6 is 0 Å². The van der Waals surface area contributed by atoms with Crippen molar-refractivity contribution in [3.63, 3.8) is 0 Å². The zero-order chi connectivity index (χ0) is 16.0. The van der Waals surface area contributed by atoms with Gasteiger partial charge < -0.3 is 20.6 Å². The number of fused-ring (bicyclic) bond motifs is 3. The van der Waals surface area contributed by atoms with E-state index in [9.17, 15) is 10.4 Å². The molecular weight excluding hydrogens is 290 g/mol. The van der Waals surface area contributed by atoms with Crippen molar-refractivity contribution in [2.45, 2.75) is 5.92 Å². The quantitative estimate of drug-likeness (QED) is 0.643. The number of nitrogens with two attached hydrogens (primary N) is 1. The summed E-state index contributed by atoms with van der Waals surface area (Å²) in [6.45, 7) is 0. The summed E-state index contributed by atoms with van der Waals surface area (Å²) >= 11 is 0. The van der Waals surface area contributed by atoms with Crippen LogP contribution in [0.5, 0.6) is 11.5 Å². The first kappa shape index (κ1) is 13.3. The number of hydrogen-bond donors (Lipinski definition) is 3. The van der Waals surface area contributed by atoms with Gasteiger partial charge >= 0.3 is 0 Å². The first-order chi connectivity index (χ1) is 11.2. The summed E-state index contributed by atoms with van der Waals surface area (Å²) < 4.78 is 5.74. The number of nitriles is 1. The van der Waals surface area contributed by atoms with E-state index in [0.717, 1.165) is 22.0 Å². The number of aromatic nitrogens is 1. The molecule has 0 fully saturated rings. The fourth-order valence-electron chi connectivity index (χ4n) is 3.10. The van der Waals surface area contributed by atoms with E-state index in [2.05, 4.69) is 11.1 Å². The average Bonchev–Trinajstić information content (AvgIpc) is 3.02. The summed E-state index contributed by atoms with van der Waals surface area (Å²) in [7, 11) is 0. The summed E-state index contributed by atoms with van der Waals surface area (Å²) in [6.07, 6.45) is 1.83. The number of nitrogens with zero attached hydrogens (tertiary/aromatic N) is 1. The lowest BCUT2D eigenvalue weighted by Crippen LogP contribution is -2.21. The van der Waals surface area contributed by atoms with Crippen LogP contribution < -0.4 is 10.5 Å². The number of phenols is 1. The van der Waals surface area contributed by atoms with Gasteiger partial charge in [0.15, 0.2) is 0 Å². The molecule has 0 saturated heterocycles. The van der Waals surface area contributed by atoms with Crippen LogP contribution in [0.3, 0.4) is 0 Å². The third-order valence-electron chi connectivity index (χ3n) is 4.12. The van der Waals surface area contributed by atoms with Gasteiger partial charge in [0.25, 0.3) is 0 Å². The highest BCUT2D eigenvalue weighted by atomic mass is 16.5. The number of benzene rings is 2. The van der Waals surface area contributed by atoms with Crippen LogP contribution in [0.25, 0.3) is 10.9 Å². The topological polar surface area (TPSA) is 95.1 Å². The van der Waals surface area contributed by atoms with E-state index in [1.807, 2.05) is 30.5 Å². The van der Waals surface area contributed by atoms with Gasteiger partial charge in [-0.05, 0) is 29.8 Å². The SMILES string of the molecule is N#CC1=C(N)Oc2c(ccc3[nH]ccc23)C1c1cccc(O)c1. The van der Waals surface area contributed by atoms with Crippen molar-refractivity contribution >= 4 is 10.9 Å². The number of phenolic OH excluding ortho intramolecular Hbond substituents is 1. The fraction of sp³-hybridized carbons (Fsp3) is 0.0556. The van der Waals surface area contributed by atoms with E-state index >= 15 is 0 Å². The lowest BCUT2D eigenvalue weighted by molar-refractivity contribution is 0.398. The normalized spacial score (nSPS) is 16.7. The van der Waals surface area contributed by atoms with Gasteiger partial charge in [-0.15, -0.1) is 0 Å². The molecule has 23 heavy (non-hydrogen) atoms. The number of nitrogens with one attached hydrogen (secondary N) is 1. The summed E-state index contributed by atoms with van der Waals surface area (Å²) in [5, 5.41) is 20.2. The number of H-pyrrole nitrogens is 1. The number of hydrogen-bond acceptors (Lipinski definition) is 4. The maximum absolute atomic E-state index is 9.79. The Kier molecular flexibility index (Phi) is 2.78. The highest BCUT2D eigenvalue weighted by Gasteiger charge is 2.31. The maximum Gasteiger partial charge on any atom is 0.205 e. The zero-order valence-electron chi connectivity index (χ0n) is 12.1. The lowest BCUT2D eigenvalue weighted by Gasteiger charge is -2.27. The molecule has 5 nitrogen and oxygen atoms in total. The minimum absolute atomic E-state index is 0.0991. The first-order valence-electron chi connectivity index (χ1n) is 7.15. The molecule has 0 spiro atoms. The minimum Gasteiger partial charge on any atom is -0.508 e. The van der Waals surface area contributed by atoms with Crippen molar-refractivity contribution in [3.05, 3.63) is 71.2 Å². The molecule has 0 aliphatic carbocycles. The largest absolute Gasteiger partial charge is 0.508 e. The molecule has 0 radical (unpaired) electrons. The zero-order valence-corrected chi connectivity index (χ0v) is 12.1. The van der Waals surface area contributed by atoms with Crippen molar-refractivity contribution < 1.29 is 9.84 Å². The third-order valence-corrected chi connectivity index (χ3v) is 4.12. The van der Waals surface area contributed by atoms with E-state index < -0.39 is 0 Å². The molecule has 1 aromatic heterocycles. The Bertz CT molecular complexity index is 995. The monoisotopic (exact) mass is 303 g/mol. The summed E-state index contributed by atoms with van der Waals surface area (Å²) in [5.74, 6) is 0.528. The van der Waals surface area contributed by atoms with E-state index in [1.54, 1.807) is 18.2 Å². The molecule has 4 N–H and O–H groups in total. The Morgan fingerprint density at radius 3 is 2.87 bits per heavy atom. The van der Waals surface area contributed by atoms with Gasteiger partial charge in [0, 0.05) is 22.7 Å². The molecule has 1 aliphatic heterocycles. The van der Waals surface area contributed by atoms with E-state index in [-0.39, 0.29) is 17.6 Å². The minimum atomic E-state index is -0.366. The van der Waals surface area contributed by atoms with Crippen LogP contribution in [0.1, 0.15) is 17.0 Å². The van der Waals surface area contributed by atoms with Crippen LogP contribution in [-0.4, -0.2) is 10.1 Å². The number of allylic oxidation sites excluding steroid dienone is 1. The van der Waals surface area contributed by atoms with Gasteiger partial charge in [0.05, 0.1) is 5.92 Å². The van der Waals surface area contributed by atoms with Crippen LogP contribution in [0.2, 0.25) is 0 Å². The predicted molar refractivity (Wildman–Crippen MR) is 85.7 cm³/mol. The van der Waals surface area contributed by atoms with E-state index in [1.165, 1.54) is 0 Å². The van der Waals surface area contributed by atoms with Gasteiger partial charge in [-0.2, -0.15) is 5.26 Å². The molecule has 1 atom stereocenters. The van der Waals surface area contributed by atoms with Gasteiger partial charge in [-0.1, -0.05) is 18.2 Å². The van der Waals surface area contributed by atoms with Crippen molar-refractivity contribution in [3.8, 4) is 17.6 Å². The summed E-state index contributed by atoms with van der Waals surface area (Å²) in [4.78, 5) is 3.13. The molecule has 0 saturated carbocycles. The highest BCUT2D eigenvalue weighted by Crippen LogP contribution is 2.45. The molecule has 2 aromatic carbocycles. The second-order valence-electron chi connectivity index (χ2n) is 5.44. The van der Waals surface area contributed by atoms with Gasteiger partial charge in [-0.3, -0.25) is 0 Å². The summed E-state index contributed by atoms with van der Waals surface area (Å²) in [5.41, 5.74) is 8.92. The second-order valence-corrected chi connectivity index (χ2v) is 5.44. The number of ether oxygens (including phenoxy) is 1. The van der Waals surface area contributed by atoms with Crippen molar-refractivity contribution in [2.24, 2.45) is 5.73 Å². The Labute approximate surface area is 132 Å². The van der Waals surface area contributed by atoms with Gasteiger partial charge in [-0.25, -0.2) is 0 Å². The molecule has 4 rings (SSSR count). The van der Waals surface area contributed by atoms with E-state index in [4.69, 9.17) is 10.5 Å². The van der Waals surface area contributed by atoms with Crippen LogP contribution in [0.4, 0.5) is 0 Å². The van der Waals surface area contributed by atoms with Crippen LogP contribution in [0.15, 0.2) is 60.1 Å². The fourth-order valence-corrected chi connectivity index (χ4v) is 3.10. The van der Waals surface area contributed by atoms with E-state index in [0.29, 0.717) is 11.3 Å². The molecular formula is C18H13N3O2. The number of rotatable bonds is 1. The Balaban J connectivity index is 2.02. The predicted octanol–water partition coefficient (Wildman–Crippen LogP) is 3.09. The van der Waals surface area contributed by atoms with Gasteiger partial charge in [0.1, 0.15) is 23.1 Å². The molecule has 5 heteroatoms. The smallest absolute Gasteiger partial charge is 0.205 e.